The monoisotopic (exact) mass is 239 g/mol. The third-order valence-electron chi connectivity index (χ3n) is 3.26. The molecular formula is C16H14FN. The predicted molar refractivity (Wildman–Crippen MR) is 72.1 cm³/mol. The molecule has 1 aromatic heterocycles. The maximum Gasteiger partial charge on any atom is 0.123 e. The fraction of sp³-hybridized carbons (Fsp3) is 0.125. The second kappa shape index (κ2) is 4.65. The van der Waals surface area contributed by atoms with E-state index in [2.05, 4.69) is 17.1 Å². The molecule has 1 N–H and O–H groups in total. The van der Waals surface area contributed by atoms with Crippen LogP contribution in [0.15, 0.2) is 54.7 Å². The zero-order valence-electron chi connectivity index (χ0n) is 9.99. The number of nitrogens with one attached hydrogen (secondary N) is 1. The molecule has 0 aliphatic rings. The lowest BCUT2D eigenvalue weighted by atomic mass is 10.0. The number of H-pyrrole nitrogens is 1. The van der Waals surface area contributed by atoms with Gasteiger partial charge in [0.15, 0.2) is 0 Å². The third kappa shape index (κ3) is 2.14. The third-order valence-corrected chi connectivity index (χ3v) is 3.26. The van der Waals surface area contributed by atoms with Gasteiger partial charge in [-0.15, -0.1) is 0 Å². The summed E-state index contributed by atoms with van der Waals surface area (Å²) < 4.78 is 13.2. The minimum absolute atomic E-state index is 0.178. The van der Waals surface area contributed by atoms with Crippen LogP contribution >= 0.6 is 0 Å². The van der Waals surface area contributed by atoms with Crippen molar-refractivity contribution in [1.29, 1.82) is 0 Å². The van der Waals surface area contributed by atoms with Gasteiger partial charge in [0.25, 0.3) is 0 Å². The van der Waals surface area contributed by atoms with Crippen LogP contribution < -0.4 is 0 Å². The minimum Gasteiger partial charge on any atom is -0.361 e. The zero-order chi connectivity index (χ0) is 12.4. The van der Waals surface area contributed by atoms with Crippen LogP contribution in [0.25, 0.3) is 10.9 Å². The number of benzene rings is 2. The Morgan fingerprint density at radius 3 is 2.61 bits per heavy atom. The molecule has 0 atom stereocenters. The highest BCUT2D eigenvalue weighted by molar-refractivity contribution is 5.83. The number of halogens is 1. The maximum atomic E-state index is 13.2. The average molecular weight is 239 g/mol. The van der Waals surface area contributed by atoms with Crippen molar-refractivity contribution in [2.24, 2.45) is 0 Å². The second-order valence-electron chi connectivity index (χ2n) is 4.49. The Bertz CT molecular complexity index is 655. The van der Waals surface area contributed by atoms with Crippen molar-refractivity contribution in [1.82, 2.24) is 4.98 Å². The molecule has 2 aromatic carbocycles. The molecule has 90 valence electrons. The Morgan fingerprint density at radius 2 is 1.78 bits per heavy atom. The molecular weight excluding hydrogens is 225 g/mol. The molecule has 18 heavy (non-hydrogen) atoms. The Kier molecular flexibility index (Phi) is 2.85. The zero-order valence-corrected chi connectivity index (χ0v) is 9.99. The van der Waals surface area contributed by atoms with Crippen LogP contribution in [-0.2, 0) is 12.8 Å². The molecule has 3 rings (SSSR count). The van der Waals surface area contributed by atoms with Gasteiger partial charge in [0.1, 0.15) is 5.82 Å². The molecule has 0 fully saturated rings. The van der Waals surface area contributed by atoms with Gasteiger partial charge in [-0.2, -0.15) is 0 Å². The average Bonchev–Trinajstić information content (AvgIpc) is 2.80. The largest absolute Gasteiger partial charge is 0.361 e. The fourth-order valence-electron chi connectivity index (χ4n) is 2.28. The van der Waals surface area contributed by atoms with Crippen molar-refractivity contribution in [2.75, 3.05) is 0 Å². The molecule has 0 aliphatic heterocycles. The van der Waals surface area contributed by atoms with Crippen molar-refractivity contribution in [3.05, 3.63) is 71.7 Å². The summed E-state index contributed by atoms with van der Waals surface area (Å²) in [6, 6.07) is 15.2. The van der Waals surface area contributed by atoms with Gasteiger partial charge in [0.05, 0.1) is 0 Å². The molecule has 0 bridgehead atoms. The van der Waals surface area contributed by atoms with Crippen molar-refractivity contribution in [3.63, 3.8) is 0 Å². The lowest BCUT2D eigenvalue weighted by Crippen LogP contribution is -1.89. The Labute approximate surface area is 105 Å². The summed E-state index contributed by atoms with van der Waals surface area (Å²) in [4.78, 5) is 3.18. The van der Waals surface area contributed by atoms with Gasteiger partial charge in [-0.25, -0.2) is 4.39 Å². The summed E-state index contributed by atoms with van der Waals surface area (Å²) in [5.41, 5.74) is 3.48. The topological polar surface area (TPSA) is 15.8 Å². The van der Waals surface area contributed by atoms with E-state index in [0.717, 1.165) is 23.7 Å². The Balaban J connectivity index is 1.85. The first-order valence-electron chi connectivity index (χ1n) is 6.12. The number of hydrogen-bond donors (Lipinski definition) is 1. The summed E-state index contributed by atoms with van der Waals surface area (Å²) in [6.45, 7) is 0. The van der Waals surface area contributed by atoms with Gasteiger partial charge in [-0.1, -0.05) is 30.3 Å². The highest BCUT2D eigenvalue weighted by Gasteiger charge is 2.04. The lowest BCUT2D eigenvalue weighted by Gasteiger charge is -2.00. The molecule has 0 unspecified atom stereocenters. The smallest absolute Gasteiger partial charge is 0.123 e. The fourth-order valence-corrected chi connectivity index (χ4v) is 2.28. The van der Waals surface area contributed by atoms with Crippen molar-refractivity contribution >= 4 is 10.9 Å². The number of aromatic amines is 1. The van der Waals surface area contributed by atoms with Gasteiger partial charge in [-0.3, -0.25) is 0 Å². The highest BCUT2D eigenvalue weighted by Crippen LogP contribution is 2.20. The second-order valence-corrected chi connectivity index (χ2v) is 4.49. The summed E-state index contributed by atoms with van der Waals surface area (Å²) >= 11 is 0. The van der Waals surface area contributed by atoms with E-state index in [1.54, 1.807) is 12.1 Å². The first kappa shape index (κ1) is 11.0. The van der Waals surface area contributed by atoms with Crippen LogP contribution in [0.1, 0.15) is 11.1 Å². The molecule has 3 aromatic rings. The quantitative estimate of drug-likeness (QED) is 0.708. The maximum absolute atomic E-state index is 13.2. The van der Waals surface area contributed by atoms with Gasteiger partial charge < -0.3 is 4.98 Å². The van der Waals surface area contributed by atoms with E-state index in [0.29, 0.717) is 0 Å². The van der Waals surface area contributed by atoms with E-state index in [9.17, 15) is 4.39 Å². The lowest BCUT2D eigenvalue weighted by molar-refractivity contribution is 0.629. The van der Waals surface area contributed by atoms with E-state index < -0.39 is 0 Å². The summed E-state index contributed by atoms with van der Waals surface area (Å²) in [5, 5.41) is 0.992. The van der Waals surface area contributed by atoms with E-state index >= 15 is 0 Å². The molecule has 0 spiro atoms. The van der Waals surface area contributed by atoms with Crippen molar-refractivity contribution in [3.8, 4) is 0 Å². The van der Waals surface area contributed by atoms with Crippen LogP contribution in [0.4, 0.5) is 4.39 Å². The molecule has 1 heterocycles. The summed E-state index contributed by atoms with van der Waals surface area (Å²) in [7, 11) is 0. The SMILES string of the molecule is Fc1ccc2[nH]cc(CCc3ccccc3)c2c1. The number of aryl methyl sites for hydroxylation is 2. The van der Waals surface area contributed by atoms with E-state index in [1.807, 2.05) is 24.4 Å². The highest BCUT2D eigenvalue weighted by atomic mass is 19.1. The van der Waals surface area contributed by atoms with Gasteiger partial charge >= 0.3 is 0 Å². The summed E-state index contributed by atoms with van der Waals surface area (Å²) in [5.74, 6) is -0.178. The number of hydrogen-bond acceptors (Lipinski definition) is 0. The molecule has 0 radical (unpaired) electrons. The van der Waals surface area contributed by atoms with Crippen LogP contribution in [0.5, 0.6) is 0 Å². The normalized spacial score (nSPS) is 10.9. The Morgan fingerprint density at radius 1 is 0.944 bits per heavy atom. The molecule has 0 aliphatic carbocycles. The van der Waals surface area contributed by atoms with Crippen molar-refractivity contribution in [2.45, 2.75) is 12.8 Å². The van der Waals surface area contributed by atoms with E-state index in [-0.39, 0.29) is 5.82 Å². The molecule has 1 nitrogen and oxygen atoms in total. The number of fused-ring (bicyclic) bond motifs is 1. The Hall–Kier alpha value is -2.09. The predicted octanol–water partition coefficient (Wildman–Crippen LogP) is 4.09. The minimum atomic E-state index is -0.178. The standard InChI is InChI=1S/C16H14FN/c17-14-8-9-16-15(10-14)13(11-18-16)7-6-12-4-2-1-3-5-12/h1-5,8-11,18H,6-7H2. The van der Waals surface area contributed by atoms with Crippen LogP contribution in [0.3, 0.4) is 0 Å². The molecule has 0 saturated carbocycles. The van der Waals surface area contributed by atoms with Crippen LogP contribution in [0, 0.1) is 5.82 Å². The first-order chi connectivity index (χ1) is 8.83. The summed E-state index contributed by atoms with van der Waals surface area (Å²) in [6.07, 6.45) is 3.88. The van der Waals surface area contributed by atoms with Gasteiger partial charge in [-0.05, 0) is 42.2 Å². The van der Waals surface area contributed by atoms with Crippen molar-refractivity contribution < 1.29 is 4.39 Å². The molecule has 0 saturated heterocycles. The molecule has 0 amide bonds. The van der Waals surface area contributed by atoms with Crippen LogP contribution in [0.2, 0.25) is 0 Å². The number of rotatable bonds is 3. The van der Waals surface area contributed by atoms with E-state index in [4.69, 9.17) is 0 Å². The van der Waals surface area contributed by atoms with Gasteiger partial charge in [0, 0.05) is 17.1 Å². The van der Waals surface area contributed by atoms with Gasteiger partial charge in [0.2, 0.25) is 0 Å². The molecule has 2 heteroatoms. The van der Waals surface area contributed by atoms with E-state index in [1.165, 1.54) is 17.2 Å². The first-order valence-corrected chi connectivity index (χ1v) is 6.12. The number of aromatic nitrogens is 1. The van der Waals surface area contributed by atoms with Crippen LogP contribution in [-0.4, -0.2) is 4.98 Å².